The molecule has 0 aliphatic carbocycles. The zero-order valence-corrected chi connectivity index (χ0v) is 13.2. The summed E-state index contributed by atoms with van der Waals surface area (Å²) in [6.45, 7) is 4.95. The average molecular weight is 305 g/mol. The largest absolute Gasteiger partial charge is 0.393 e. The first kappa shape index (κ1) is 16.4. The molecule has 0 atom stereocenters. The van der Waals surface area contributed by atoms with E-state index in [4.69, 9.17) is 34.3 Å². The van der Waals surface area contributed by atoms with Gasteiger partial charge in [-0.1, -0.05) is 23.8 Å². The Labute approximate surface area is 124 Å². The van der Waals surface area contributed by atoms with E-state index in [1.807, 2.05) is 14.0 Å². The molecule has 1 heterocycles. The molecule has 0 amide bonds. The summed E-state index contributed by atoms with van der Waals surface area (Å²) in [5.41, 5.74) is 7.55. The molecule has 5 nitrogen and oxygen atoms in total. The van der Waals surface area contributed by atoms with Crippen LogP contribution in [0.2, 0.25) is 5.15 Å². The second-order valence-corrected chi connectivity index (χ2v) is 5.35. The second-order valence-electron chi connectivity index (χ2n) is 4.46. The zero-order valence-electron chi connectivity index (χ0n) is 11.6. The maximum absolute atomic E-state index is 6.25. The number of ether oxygens (including phenoxy) is 1. The van der Waals surface area contributed by atoms with E-state index in [-0.39, 0.29) is 0 Å². The Morgan fingerprint density at radius 1 is 1.53 bits per heavy atom. The van der Waals surface area contributed by atoms with Gasteiger partial charge in [-0.2, -0.15) is 5.10 Å². The van der Waals surface area contributed by atoms with E-state index in [0.29, 0.717) is 23.2 Å². The van der Waals surface area contributed by atoms with Gasteiger partial charge in [0.25, 0.3) is 0 Å². The van der Waals surface area contributed by atoms with Crippen molar-refractivity contribution in [1.29, 1.82) is 0 Å². The lowest BCUT2D eigenvalue weighted by molar-refractivity contribution is 0.145. The molecule has 0 aliphatic heterocycles. The summed E-state index contributed by atoms with van der Waals surface area (Å²) in [5, 5.41) is 4.99. The minimum Gasteiger partial charge on any atom is -0.393 e. The quantitative estimate of drug-likeness (QED) is 0.738. The molecular formula is C12H21ClN4OS. The van der Waals surface area contributed by atoms with Crippen LogP contribution in [0.3, 0.4) is 0 Å². The Kier molecular flexibility index (Phi) is 6.71. The van der Waals surface area contributed by atoms with Gasteiger partial charge in [-0.25, -0.2) is 0 Å². The van der Waals surface area contributed by atoms with Crippen LogP contribution in [0.4, 0.5) is 0 Å². The number of halogens is 1. The van der Waals surface area contributed by atoms with Crippen molar-refractivity contribution in [3.8, 4) is 0 Å². The van der Waals surface area contributed by atoms with Gasteiger partial charge in [-0.15, -0.1) is 0 Å². The number of hydrogen-bond acceptors (Lipinski definition) is 4. The summed E-state index contributed by atoms with van der Waals surface area (Å²) >= 11 is 11.2. The molecule has 0 saturated heterocycles. The van der Waals surface area contributed by atoms with E-state index in [2.05, 4.69) is 10.00 Å². The van der Waals surface area contributed by atoms with E-state index < -0.39 is 0 Å². The van der Waals surface area contributed by atoms with Crippen LogP contribution in [0, 0.1) is 6.92 Å². The molecule has 0 radical (unpaired) electrons. The Balaban J connectivity index is 2.72. The average Bonchev–Trinajstić information content (AvgIpc) is 2.58. The van der Waals surface area contributed by atoms with Gasteiger partial charge in [-0.3, -0.25) is 9.58 Å². The fraction of sp³-hybridized carbons (Fsp3) is 0.667. The molecule has 1 aromatic heterocycles. The summed E-state index contributed by atoms with van der Waals surface area (Å²) in [7, 11) is 3.53. The molecule has 19 heavy (non-hydrogen) atoms. The Bertz CT molecular complexity index is 436. The van der Waals surface area contributed by atoms with Crippen molar-refractivity contribution in [2.24, 2.45) is 12.8 Å². The summed E-state index contributed by atoms with van der Waals surface area (Å²) in [5.74, 6) is 0. The SMILES string of the molecule is COCCN(CCC(N)=S)Cc1c(C)nn(C)c1Cl. The van der Waals surface area contributed by atoms with Crippen molar-refractivity contribution in [2.45, 2.75) is 19.9 Å². The highest BCUT2D eigenvalue weighted by atomic mass is 35.5. The van der Waals surface area contributed by atoms with Gasteiger partial charge in [0.2, 0.25) is 0 Å². The second kappa shape index (κ2) is 7.79. The van der Waals surface area contributed by atoms with Gasteiger partial charge in [0, 0.05) is 45.8 Å². The number of thiocarbonyl (C=S) groups is 1. The number of aromatic nitrogens is 2. The highest BCUT2D eigenvalue weighted by Crippen LogP contribution is 2.20. The van der Waals surface area contributed by atoms with Crippen LogP contribution < -0.4 is 5.73 Å². The number of rotatable bonds is 8. The lowest BCUT2D eigenvalue weighted by Crippen LogP contribution is -2.30. The summed E-state index contributed by atoms with van der Waals surface area (Å²) in [6.07, 6.45) is 0.690. The minimum absolute atomic E-state index is 0.524. The first-order valence-electron chi connectivity index (χ1n) is 6.13. The van der Waals surface area contributed by atoms with Crippen LogP contribution in [0.5, 0.6) is 0 Å². The molecule has 0 saturated carbocycles. The maximum Gasteiger partial charge on any atom is 0.131 e. The number of methoxy groups -OCH3 is 1. The molecule has 108 valence electrons. The summed E-state index contributed by atoms with van der Waals surface area (Å²) < 4.78 is 6.81. The van der Waals surface area contributed by atoms with Gasteiger partial charge >= 0.3 is 0 Å². The van der Waals surface area contributed by atoms with Crippen LogP contribution in [-0.2, 0) is 18.3 Å². The predicted octanol–water partition coefficient (Wildman–Crippen LogP) is 1.51. The fourth-order valence-corrected chi connectivity index (χ4v) is 2.16. The number of hydrogen-bond donors (Lipinski definition) is 1. The summed E-state index contributed by atoms with van der Waals surface area (Å²) in [4.78, 5) is 2.75. The number of aryl methyl sites for hydroxylation is 2. The van der Waals surface area contributed by atoms with Crippen molar-refractivity contribution in [2.75, 3.05) is 26.8 Å². The van der Waals surface area contributed by atoms with Crippen LogP contribution >= 0.6 is 23.8 Å². The smallest absolute Gasteiger partial charge is 0.131 e. The number of nitrogens with two attached hydrogens (primary N) is 1. The molecule has 2 N–H and O–H groups in total. The van der Waals surface area contributed by atoms with Crippen molar-refractivity contribution >= 4 is 28.8 Å². The van der Waals surface area contributed by atoms with Crippen molar-refractivity contribution in [1.82, 2.24) is 14.7 Å². The third kappa shape index (κ3) is 5.06. The molecule has 0 aliphatic rings. The monoisotopic (exact) mass is 304 g/mol. The highest BCUT2D eigenvalue weighted by molar-refractivity contribution is 7.80. The minimum atomic E-state index is 0.524. The summed E-state index contributed by atoms with van der Waals surface area (Å²) in [6, 6.07) is 0. The van der Waals surface area contributed by atoms with Gasteiger partial charge in [0.1, 0.15) is 5.15 Å². The van der Waals surface area contributed by atoms with Gasteiger partial charge in [0.05, 0.1) is 17.3 Å². The first-order valence-corrected chi connectivity index (χ1v) is 6.92. The van der Waals surface area contributed by atoms with Crippen LogP contribution in [0.15, 0.2) is 0 Å². The predicted molar refractivity (Wildman–Crippen MR) is 81.5 cm³/mol. The molecule has 1 rings (SSSR count). The zero-order chi connectivity index (χ0) is 14.4. The Hall–Kier alpha value is -0.690. The number of nitrogens with zero attached hydrogens (tertiary/aromatic N) is 3. The van der Waals surface area contributed by atoms with Crippen LogP contribution in [-0.4, -0.2) is 46.5 Å². The lowest BCUT2D eigenvalue weighted by Gasteiger charge is -2.21. The third-order valence-electron chi connectivity index (χ3n) is 2.94. The lowest BCUT2D eigenvalue weighted by atomic mass is 10.2. The molecule has 0 aromatic carbocycles. The topological polar surface area (TPSA) is 56.3 Å². The maximum atomic E-state index is 6.25. The van der Waals surface area contributed by atoms with E-state index in [1.54, 1.807) is 11.8 Å². The van der Waals surface area contributed by atoms with E-state index >= 15 is 0 Å². The highest BCUT2D eigenvalue weighted by Gasteiger charge is 2.15. The molecule has 1 aromatic rings. The Morgan fingerprint density at radius 2 is 2.21 bits per heavy atom. The van der Waals surface area contributed by atoms with E-state index in [9.17, 15) is 0 Å². The molecule has 0 fully saturated rings. The normalized spacial score (nSPS) is 11.2. The van der Waals surface area contributed by atoms with Crippen LogP contribution in [0.1, 0.15) is 17.7 Å². The standard InChI is InChI=1S/C12H21ClN4OS/c1-9-10(12(13)16(2)15-9)8-17(6-7-18-3)5-4-11(14)19/h4-8H2,1-3H3,(H2,14,19). The van der Waals surface area contributed by atoms with Crippen molar-refractivity contribution in [3.05, 3.63) is 16.4 Å². The van der Waals surface area contributed by atoms with E-state index in [1.165, 1.54) is 0 Å². The molecule has 0 spiro atoms. The molecule has 0 unspecified atom stereocenters. The van der Waals surface area contributed by atoms with Crippen molar-refractivity contribution in [3.63, 3.8) is 0 Å². The third-order valence-corrected chi connectivity index (χ3v) is 3.61. The molecule has 7 heteroatoms. The fourth-order valence-electron chi connectivity index (χ4n) is 1.84. The van der Waals surface area contributed by atoms with Gasteiger partial charge < -0.3 is 10.5 Å². The van der Waals surface area contributed by atoms with E-state index in [0.717, 1.165) is 30.9 Å². The Morgan fingerprint density at radius 3 is 2.68 bits per heavy atom. The molecule has 0 bridgehead atoms. The van der Waals surface area contributed by atoms with Gasteiger partial charge in [0.15, 0.2) is 0 Å². The molecular weight excluding hydrogens is 284 g/mol. The van der Waals surface area contributed by atoms with Crippen LogP contribution in [0.25, 0.3) is 0 Å². The van der Waals surface area contributed by atoms with Crippen molar-refractivity contribution < 1.29 is 4.74 Å². The van der Waals surface area contributed by atoms with Gasteiger partial charge in [-0.05, 0) is 6.92 Å². The first-order chi connectivity index (χ1) is 8.95.